The van der Waals surface area contributed by atoms with Crippen LogP contribution < -0.4 is 4.72 Å². The van der Waals surface area contributed by atoms with Gasteiger partial charge in [-0.15, -0.1) is 0 Å². The molecule has 1 aromatic carbocycles. The molecule has 1 unspecified atom stereocenters. The van der Waals surface area contributed by atoms with Crippen LogP contribution in [0.25, 0.3) is 0 Å². The van der Waals surface area contributed by atoms with Crippen molar-refractivity contribution in [1.29, 1.82) is 0 Å². The van der Waals surface area contributed by atoms with Gasteiger partial charge in [-0.05, 0) is 43.3 Å². The summed E-state index contributed by atoms with van der Waals surface area (Å²) in [5.74, 6) is 0. The molecule has 2 aromatic rings. The highest BCUT2D eigenvalue weighted by Crippen LogP contribution is 2.20. The highest BCUT2D eigenvalue weighted by atomic mass is 32.2. The zero-order valence-electron chi connectivity index (χ0n) is 15.0. The lowest BCUT2D eigenvalue weighted by Crippen LogP contribution is -2.30. The predicted molar refractivity (Wildman–Crippen MR) is 99.5 cm³/mol. The van der Waals surface area contributed by atoms with Gasteiger partial charge in [-0.25, -0.2) is 21.6 Å². The monoisotopic (exact) mass is 397 g/mol. The molecule has 0 saturated heterocycles. The lowest BCUT2D eigenvalue weighted by molar-refractivity contribution is 0.445. The second-order valence-corrected chi connectivity index (χ2v) is 9.31. The number of nitrogens with zero attached hydrogens (tertiary/aromatic N) is 2. The third-order valence-electron chi connectivity index (χ3n) is 3.94. The molecule has 0 aliphatic carbocycles. The molecule has 0 spiro atoms. The summed E-state index contributed by atoms with van der Waals surface area (Å²) < 4.78 is 53.8. The number of hydrogen-bond acceptors (Lipinski definition) is 5. The normalized spacial score (nSPS) is 13.7. The number of hydrogen-bond donors (Lipinski definition) is 1. The summed E-state index contributed by atoms with van der Waals surface area (Å²) >= 11 is 0. The Bertz CT molecular complexity index is 924. The first-order valence-corrected chi connectivity index (χ1v) is 11.2. The number of aromatic nitrogens is 1. The largest absolute Gasteiger partial charge is 0.260 e. The molecule has 0 bridgehead atoms. The van der Waals surface area contributed by atoms with Crippen molar-refractivity contribution < 1.29 is 16.8 Å². The third kappa shape index (κ3) is 4.47. The molecule has 1 aromatic heterocycles. The van der Waals surface area contributed by atoms with Crippen molar-refractivity contribution in [1.82, 2.24) is 14.0 Å². The lowest BCUT2D eigenvalue weighted by Gasteiger charge is -2.18. The minimum Gasteiger partial charge on any atom is -0.260 e. The summed E-state index contributed by atoms with van der Waals surface area (Å²) in [5, 5.41) is 0. The van der Waals surface area contributed by atoms with E-state index in [-0.39, 0.29) is 9.79 Å². The van der Waals surface area contributed by atoms with Gasteiger partial charge < -0.3 is 0 Å². The van der Waals surface area contributed by atoms with E-state index in [0.717, 1.165) is 0 Å². The number of rotatable bonds is 8. The Morgan fingerprint density at radius 2 is 1.54 bits per heavy atom. The second-order valence-electron chi connectivity index (χ2n) is 5.66. The van der Waals surface area contributed by atoms with Crippen LogP contribution in [0.15, 0.2) is 58.5 Å². The van der Waals surface area contributed by atoms with Crippen molar-refractivity contribution >= 4 is 20.0 Å². The van der Waals surface area contributed by atoms with Crippen LogP contribution in [-0.4, -0.2) is 39.2 Å². The fourth-order valence-corrected chi connectivity index (χ4v) is 5.17. The van der Waals surface area contributed by atoms with Gasteiger partial charge in [-0.3, -0.25) is 4.98 Å². The van der Waals surface area contributed by atoms with Crippen LogP contribution in [0.5, 0.6) is 0 Å². The Morgan fingerprint density at radius 3 is 2.04 bits per heavy atom. The van der Waals surface area contributed by atoms with Crippen molar-refractivity contribution in [3.8, 4) is 0 Å². The Balaban J connectivity index is 2.24. The van der Waals surface area contributed by atoms with E-state index < -0.39 is 26.1 Å². The molecule has 7 nitrogen and oxygen atoms in total. The molecule has 0 aliphatic heterocycles. The van der Waals surface area contributed by atoms with Gasteiger partial charge in [0.2, 0.25) is 20.0 Å². The van der Waals surface area contributed by atoms with Crippen LogP contribution in [0.1, 0.15) is 32.5 Å². The summed E-state index contributed by atoms with van der Waals surface area (Å²) in [6.45, 7) is 5.90. The minimum atomic E-state index is -3.80. The number of sulfonamides is 2. The summed E-state index contributed by atoms with van der Waals surface area (Å²) in [6.07, 6.45) is 1.59. The number of pyridine rings is 1. The van der Waals surface area contributed by atoms with Crippen molar-refractivity contribution in [2.45, 2.75) is 36.6 Å². The molecular formula is C17H23N3O4S2. The Kier molecular flexibility index (Phi) is 6.51. The fraction of sp³-hybridized carbons (Fsp3) is 0.353. The Hall–Kier alpha value is -1.81. The molecule has 1 N–H and O–H groups in total. The van der Waals surface area contributed by atoms with E-state index in [4.69, 9.17) is 0 Å². The van der Waals surface area contributed by atoms with Gasteiger partial charge in [0.1, 0.15) is 0 Å². The molecule has 0 fully saturated rings. The topological polar surface area (TPSA) is 96.4 Å². The SMILES string of the molecule is CCN(CC)S(=O)(=O)c1ccc(S(=O)(=O)NC(C)c2ccccn2)cc1. The maximum absolute atomic E-state index is 12.5. The summed E-state index contributed by atoms with van der Waals surface area (Å²) in [6, 6.07) is 9.96. The first-order valence-electron chi connectivity index (χ1n) is 8.25. The van der Waals surface area contributed by atoms with Gasteiger partial charge in [0.25, 0.3) is 0 Å². The molecule has 0 radical (unpaired) electrons. The van der Waals surface area contributed by atoms with Gasteiger partial charge in [0, 0.05) is 19.3 Å². The quantitative estimate of drug-likeness (QED) is 0.736. The maximum Gasteiger partial charge on any atom is 0.243 e. The van der Waals surface area contributed by atoms with Crippen molar-refractivity contribution in [2.75, 3.05) is 13.1 Å². The van der Waals surface area contributed by atoms with Crippen LogP contribution in [0.4, 0.5) is 0 Å². The van der Waals surface area contributed by atoms with Gasteiger partial charge in [-0.1, -0.05) is 19.9 Å². The van der Waals surface area contributed by atoms with E-state index >= 15 is 0 Å². The first kappa shape index (κ1) is 20.5. The highest BCUT2D eigenvalue weighted by Gasteiger charge is 2.23. The minimum absolute atomic E-state index is 0.00113. The molecule has 142 valence electrons. The molecule has 2 rings (SSSR count). The molecular weight excluding hydrogens is 374 g/mol. The van der Waals surface area contributed by atoms with Crippen molar-refractivity contribution in [3.63, 3.8) is 0 Å². The lowest BCUT2D eigenvalue weighted by atomic mass is 10.2. The molecule has 0 aliphatic rings. The van der Waals surface area contributed by atoms with E-state index in [1.54, 1.807) is 45.2 Å². The van der Waals surface area contributed by atoms with Crippen molar-refractivity contribution in [3.05, 3.63) is 54.4 Å². The van der Waals surface area contributed by atoms with Crippen LogP contribution in [0.3, 0.4) is 0 Å². The van der Waals surface area contributed by atoms with E-state index in [1.807, 2.05) is 0 Å². The number of nitrogens with one attached hydrogen (secondary N) is 1. The van der Waals surface area contributed by atoms with E-state index in [0.29, 0.717) is 18.8 Å². The van der Waals surface area contributed by atoms with E-state index in [9.17, 15) is 16.8 Å². The Labute approximate surface area is 155 Å². The second kappa shape index (κ2) is 8.26. The summed E-state index contributed by atoms with van der Waals surface area (Å²) in [7, 11) is -7.42. The van der Waals surface area contributed by atoms with E-state index in [2.05, 4.69) is 9.71 Å². The summed E-state index contributed by atoms with van der Waals surface area (Å²) in [4.78, 5) is 4.20. The first-order chi connectivity index (χ1) is 12.2. The van der Waals surface area contributed by atoms with Crippen LogP contribution in [0.2, 0.25) is 0 Å². The maximum atomic E-state index is 12.5. The van der Waals surface area contributed by atoms with Crippen LogP contribution in [0, 0.1) is 0 Å². The third-order valence-corrected chi connectivity index (χ3v) is 7.56. The van der Waals surface area contributed by atoms with Gasteiger partial charge in [0.15, 0.2) is 0 Å². The summed E-state index contributed by atoms with van der Waals surface area (Å²) in [5.41, 5.74) is 0.594. The average Bonchev–Trinajstić information content (AvgIpc) is 2.63. The molecule has 26 heavy (non-hydrogen) atoms. The Morgan fingerprint density at radius 1 is 0.962 bits per heavy atom. The predicted octanol–water partition coefficient (Wildman–Crippen LogP) is 2.15. The average molecular weight is 398 g/mol. The standard InChI is InChI=1S/C17H23N3O4S2/c1-4-20(5-2)26(23,24)16-11-9-15(10-12-16)25(21,22)19-14(3)17-8-6-7-13-18-17/h6-14,19H,4-5H2,1-3H3. The fourth-order valence-electron chi connectivity index (χ4n) is 2.50. The van der Waals surface area contributed by atoms with E-state index in [1.165, 1.54) is 28.6 Å². The molecule has 0 amide bonds. The van der Waals surface area contributed by atoms with Crippen molar-refractivity contribution in [2.24, 2.45) is 0 Å². The molecule has 1 heterocycles. The van der Waals surface area contributed by atoms with Crippen LogP contribution >= 0.6 is 0 Å². The smallest absolute Gasteiger partial charge is 0.243 e. The molecule has 9 heteroatoms. The van der Waals surface area contributed by atoms with Gasteiger partial charge in [-0.2, -0.15) is 4.31 Å². The zero-order chi connectivity index (χ0) is 19.4. The zero-order valence-corrected chi connectivity index (χ0v) is 16.6. The van der Waals surface area contributed by atoms with Gasteiger partial charge in [0.05, 0.1) is 21.5 Å². The number of benzene rings is 1. The molecule has 1 atom stereocenters. The van der Waals surface area contributed by atoms with Gasteiger partial charge >= 0.3 is 0 Å². The molecule has 0 saturated carbocycles. The van der Waals surface area contributed by atoms with Crippen LogP contribution in [-0.2, 0) is 20.0 Å². The highest BCUT2D eigenvalue weighted by molar-refractivity contribution is 7.89.